The molecule has 1 unspecified atom stereocenters. The van der Waals surface area contributed by atoms with Crippen LogP contribution in [0.4, 0.5) is 0 Å². The molecular formula is C18H24N2O. The number of benzene rings is 1. The highest BCUT2D eigenvalue weighted by molar-refractivity contribution is 5.89. The van der Waals surface area contributed by atoms with E-state index in [2.05, 4.69) is 30.1 Å². The normalized spacial score (nSPS) is 21.8. The zero-order chi connectivity index (χ0) is 14.7. The van der Waals surface area contributed by atoms with Gasteiger partial charge in [-0.1, -0.05) is 62.9 Å². The molecule has 0 N–H and O–H groups in total. The van der Waals surface area contributed by atoms with Gasteiger partial charge in [0.05, 0.1) is 11.7 Å². The fraction of sp³-hybridized carbons (Fsp3) is 0.500. The van der Waals surface area contributed by atoms with Crippen molar-refractivity contribution < 1.29 is 4.79 Å². The zero-order valence-electron chi connectivity index (χ0n) is 12.8. The molecular weight excluding hydrogens is 260 g/mol. The molecule has 0 aromatic heterocycles. The van der Waals surface area contributed by atoms with Gasteiger partial charge in [-0.2, -0.15) is 0 Å². The van der Waals surface area contributed by atoms with Gasteiger partial charge < -0.3 is 0 Å². The average molecular weight is 284 g/mol. The topological polar surface area (TPSA) is 23.6 Å². The van der Waals surface area contributed by atoms with Gasteiger partial charge in [0.25, 0.3) is 0 Å². The Balaban J connectivity index is 1.76. The lowest BCUT2D eigenvalue weighted by Gasteiger charge is -2.27. The Morgan fingerprint density at radius 3 is 2.71 bits per heavy atom. The van der Waals surface area contributed by atoms with Crippen molar-refractivity contribution in [3.63, 3.8) is 0 Å². The molecule has 112 valence electrons. The number of unbranched alkanes of at least 4 members (excludes halogenated alkanes) is 3. The van der Waals surface area contributed by atoms with Crippen LogP contribution < -0.4 is 0 Å². The predicted molar refractivity (Wildman–Crippen MR) is 85.1 cm³/mol. The Kier molecular flexibility index (Phi) is 4.39. The summed E-state index contributed by atoms with van der Waals surface area (Å²) >= 11 is 0. The van der Waals surface area contributed by atoms with Crippen LogP contribution in [0.25, 0.3) is 5.70 Å². The fourth-order valence-electron chi connectivity index (χ4n) is 3.33. The van der Waals surface area contributed by atoms with Gasteiger partial charge in [-0.3, -0.25) is 4.79 Å². The van der Waals surface area contributed by atoms with E-state index in [1.54, 1.807) is 0 Å². The Morgan fingerprint density at radius 1 is 1.14 bits per heavy atom. The number of amides is 1. The number of fused-ring (bicyclic) bond motifs is 1. The molecule has 21 heavy (non-hydrogen) atoms. The van der Waals surface area contributed by atoms with Crippen molar-refractivity contribution in [2.24, 2.45) is 0 Å². The number of hydrazine groups is 1. The molecule has 1 saturated heterocycles. The molecule has 1 amide bonds. The second kappa shape index (κ2) is 6.44. The average Bonchev–Trinajstić information content (AvgIpc) is 3.06. The maximum absolute atomic E-state index is 12.2. The van der Waals surface area contributed by atoms with Gasteiger partial charge in [-0.05, 0) is 18.1 Å². The molecule has 2 aliphatic rings. The number of hydrogen-bond acceptors (Lipinski definition) is 2. The van der Waals surface area contributed by atoms with Gasteiger partial charge in [-0.25, -0.2) is 10.0 Å². The van der Waals surface area contributed by atoms with Crippen molar-refractivity contribution in [1.29, 1.82) is 0 Å². The standard InChI is InChI=1S/C18H24N2O/c1-2-3-4-8-11-16-14-17(15-9-6-5-7-10-15)20-18(21)12-13-19(16)20/h5-7,9-10,14,16H,2-4,8,11-13H2,1H3. The van der Waals surface area contributed by atoms with Gasteiger partial charge in [0.2, 0.25) is 5.91 Å². The monoisotopic (exact) mass is 284 g/mol. The molecule has 3 heteroatoms. The molecule has 0 aliphatic carbocycles. The van der Waals surface area contributed by atoms with Crippen LogP contribution in [0.3, 0.4) is 0 Å². The minimum atomic E-state index is 0.237. The summed E-state index contributed by atoms with van der Waals surface area (Å²) in [6.45, 7) is 3.11. The van der Waals surface area contributed by atoms with E-state index in [1.807, 2.05) is 23.2 Å². The molecule has 1 aromatic rings. The third-order valence-corrected chi connectivity index (χ3v) is 4.43. The maximum atomic E-state index is 12.2. The van der Waals surface area contributed by atoms with E-state index < -0.39 is 0 Å². The first-order chi connectivity index (χ1) is 10.3. The van der Waals surface area contributed by atoms with E-state index in [-0.39, 0.29) is 5.91 Å². The van der Waals surface area contributed by atoms with Crippen LogP contribution in [-0.2, 0) is 4.79 Å². The van der Waals surface area contributed by atoms with Crippen LogP contribution >= 0.6 is 0 Å². The van der Waals surface area contributed by atoms with E-state index in [0.29, 0.717) is 12.5 Å². The van der Waals surface area contributed by atoms with Gasteiger partial charge in [0.1, 0.15) is 0 Å². The summed E-state index contributed by atoms with van der Waals surface area (Å²) in [5.41, 5.74) is 2.23. The summed E-state index contributed by atoms with van der Waals surface area (Å²) < 4.78 is 0. The van der Waals surface area contributed by atoms with Crippen LogP contribution in [0, 0.1) is 0 Å². The molecule has 0 bridgehead atoms. The molecule has 1 atom stereocenters. The summed E-state index contributed by atoms with van der Waals surface area (Å²) in [6.07, 6.45) is 9.21. The van der Waals surface area contributed by atoms with Crippen LogP contribution in [-0.4, -0.2) is 28.5 Å². The highest BCUT2D eigenvalue weighted by atomic mass is 16.2. The third-order valence-electron chi connectivity index (χ3n) is 4.43. The van der Waals surface area contributed by atoms with Crippen molar-refractivity contribution in [3.8, 4) is 0 Å². The van der Waals surface area contributed by atoms with Crippen molar-refractivity contribution in [3.05, 3.63) is 42.0 Å². The summed E-state index contributed by atoms with van der Waals surface area (Å²) in [5, 5.41) is 4.18. The number of nitrogens with zero attached hydrogens (tertiary/aromatic N) is 2. The van der Waals surface area contributed by atoms with Crippen LogP contribution in [0.15, 0.2) is 36.4 Å². The summed E-state index contributed by atoms with van der Waals surface area (Å²) in [6, 6.07) is 10.7. The molecule has 0 radical (unpaired) electrons. The van der Waals surface area contributed by atoms with Crippen molar-refractivity contribution >= 4 is 11.6 Å². The molecule has 2 aliphatic heterocycles. The Labute approximate surface area is 127 Å². The van der Waals surface area contributed by atoms with E-state index in [0.717, 1.165) is 24.2 Å². The van der Waals surface area contributed by atoms with E-state index in [9.17, 15) is 4.79 Å². The molecule has 1 fully saturated rings. The van der Waals surface area contributed by atoms with Crippen molar-refractivity contribution in [2.75, 3.05) is 6.54 Å². The van der Waals surface area contributed by atoms with Gasteiger partial charge in [0, 0.05) is 13.0 Å². The van der Waals surface area contributed by atoms with Gasteiger partial charge in [0.15, 0.2) is 0 Å². The zero-order valence-corrected chi connectivity index (χ0v) is 12.8. The summed E-state index contributed by atoms with van der Waals surface area (Å²) in [5.74, 6) is 0.237. The fourth-order valence-corrected chi connectivity index (χ4v) is 3.33. The van der Waals surface area contributed by atoms with Crippen LogP contribution in [0.2, 0.25) is 0 Å². The smallest absolute Gasteiger partial charge is 0.242 e. The molecule has 0 saturated carbocycles. The minimum Gasteiger partial charge on any atom is -0.273 e. The Bertz CT molecular complexity index is 523. The van der Waals surface area contributed by atoms with E-state index in [4.69, 9.17) is 0 Å². The summed E-state index contributed by atoms with van der Waals surface area (Å²) in [4.78, 5) is 12.2. The SMILES string of the molecule is CCCCCCC1C=C(c2ccccc2)N2C(=O)CCN12. The van der Waals surface area contributed by atoms with Crippen molar-refractivity contribution in [1.82, 2.24) is 10.0 Å². The third kappa shape index (κ3) is 2.88. The number of hydrogen-bond donors (Lipinski definition) is 0. The molecule has 3 rings (SSSR count). The Hall–Kier alpha value is -1.61. The largest absolute Gasteiger partial charge is 0.273 e. The van der Waals surface area contributed by atoms with Crippen LogP contribution in [0.1, 0.15) is 51.0 Å². The minimum absolute atomic E-state index is 0.237. The second-order valence-corrected chi connectivity index (χ2v) is 5.95. The lowest BCUT2D eigenvalue weighted by atomic mass is 10.0. The number of rotatable bonds is 6. The van der Waals surface area contributed by atoms with Crippen LogP contribution in [0.5, 0.6) is 0 Å². The lowest BCUT2D eigenvalue weighted by molar-refractivity contribution is -0.131. The van der Waals surface area contributed by atoms with Gasteiger partial charge >= 0.3 is 0 Å². The van der Waals surface area contributed by atoms with Gasteiger partial charge in [-0.15, -0.1) is 0 Å². The molecule has 1 aromatic carbocycles. The lowest BCUT2D eigenvalue weighted by Crippen LogP contribution is -2.37. The predicted octanol–water partition coefficient (Wildman–Crippen LogP) is 3.83. The molecule has 2 heterocycles. The summed E-state index contributed by atoms with van der Waals surface area (Å²) in [7, 11) is 0. The first-order valence-corrected chi connectivity index (χ1v) is 8.18. The number of carbonyl (C=O) groups is 1. The van der Waals surface area contributed by atoms with Crippen molar-refractivity contribution in [2.45, 2.75) is 51.5 Å². The maximum Gasteiger partial charge on any atom is 0.242 e. The highest BCUT2D eigenvalue weighted by Gasteiger charge is 2.40. The first kappa shape index (κ1) is 14.3. The molecule has 0 spiro atoms. The molecule has 3 nitrogen and oxygen atoms in total. The van der Waals surface area contributed by atoms with E-state index in [1.165, 1.54) is 25.7 Å². The Morgan fingerprint density at radius 2 is 1.95 bits per heavy atom. The van der Waals surface area contributed by atoms with E-state index >= 15 is 0 Å². The highest BCUT2D eigenvalue weighted by Crippen LogP contribution is 2.36. The number of carbonyl (C=O) groups excluding carboxylic acids is 1. The first-order valence-electron chi connectivity index (χ1n) is 8.18. The quantitative estimate of drug-likeness (QED) is 0.741. The second-order valence-electron chi connectivity index (χ2n) is 5.95.